The van der Waals surface area contributed by atoms with Crippen LogP contribution in [0.5, 0.6) is 0 Å². The number of benzene rings is 1. The predicted octanol–water partition coefficient (Wildman–Crippen LogP) is 3.57. The summed E-state index contributed by atoms with van der Waals surface area (Å²) >= 11 is 12.0. The number of rotatable bonds is 4. The molecule has 1 aromatic carbocycles. The first kappa shape index (κ1) is 14.1. The van der Waals surface area contributed by atoms with E-state index in [4.69, 9.17) is 23.2 Å². The van der Waals surface area contributed by atoms with Crippen LogP contribution in [0.2, 0.25) is 10.0 Å². The Hall–Kier alpha value is -0.280. The van der Waals surface area contributed by atoms with Gasteiger partial charge in [-0.1, -0.05) is 36.2 Å². The van der Waals surface area contributed by atoms with Gasteiger partial charge >= 0.3 is 0 Å². The van der Waals surface area contributed by atoms with Gasteiger partial charge in [0.1, 0.15) is 0 Å². The largest absolute Gasteiger partial charge is 0.310 e. The van der Waals surface area contributed by atoms with E-state index in [9.17, 15) is 0 Å². The third-order valence-electron chi connectivity index (χ3n) is 3.63. The van der Waals surface area contributed by atoms with Gasteiger partial charge in [0.15, 0.2) is 0 Å². The van der Waals surface area contributed by atoms with Crippen molar-refractivity contribution in [1.29, 1.82) is 0 Å². The van der Waals surface area contributed by atoms with Crippen LogP contribution in [0, 0.1) is 0 Å². The number of hydrogen-bond acceptors (Lipinski definition) is 2. The van der Waals surface area contributed by atoms with Crippen molar-refractivity contribution in [2.75, 3.05) is 19.6 Å². The van der Waals surface area contributed by atoms with Gasteiger partial charge in [0.2, 0.25) is 0 Å². The monoisotopic (exact) mass is 286 g/mol. The van der Waals surface area contributed by atoms with Crippen molar-refractivity contribution < 1.29 is 0 Å². The van der Waals surface area contributed by atoms with Gasteiger partial charge in [0.05, 0.1) is 0 Å². The van der Waals surface area contributed by atoms with Crippen molar-refractivity contribution >= 4 is 23.2 Å². The van der Waals surface area contributed by atoms with Gasteiger partial charge in [-0.05, 0) is 50.2 Å². The minimum Gasteiger partial charge on any atom is -0.310 e. The molecule has 0 aromatic heterocycles. The fraction of sp³-hybridized carbons (Fsp3) is 0.571. The molecule has 1 saturated heterocycles. The van der Waals surface area contributed by atoms with E-state index in [1.54, 1.807) is 6.07 Å². The summed E-state index contributed by atoms with van der Waals surface area (Å²) in [5.41, 5.74) is 1.12. The highest BCUT2D eigenvalue weighted by atomic mass is 35.5. The van der Waals surface area contributed by atoms with Crippen LogP contribution in [-0.4, -0.2) is 30.6 Å². The summed E-state index contributed by atoms with van der Waals surface area (Å²) in [5, 5.41) is 5.03. The summed E-state index contributed by atoms with van der Waals surface area (Å²) < 4.78 is 0. The Morgan fingerprint density at radius 3 is 2.61 bits per heavy atom. The second-order valence-corrected chi connectivity index (χ2v) is 5.67. The highest BCUT2D eigenvalue weighted by molar-refractivity contribution is 6.35. The molecular formula is C14H20Cl2N2. The Kier molecular flexibility index (Phi) is 5.31. The van der Waals surface area contributed by atoms with E-state index in [0.29, 0.717) is 11.1 Å². The predicted molar refractivity (Wildman–Crippen MR) is 78.4 cm³/mol. The lowest BCUT2D eigenvalue weighted by Crippen LogP contribution is -2.42. The second-order valence-electron chi connectivity index (χ2n) is 4.83. The minimum atomic E-state index is 0.611. The zero-order valence-corrected chi connectivity index (χ0v) is 12.3. The zero-order chi connectivity index (χ0) is 13.0. The molecule has 4 heteroatoms. The molecule has 0 atom stereocenters. The molecule has 1 aliphatic heterocycles. The van der Waals surface area contributed by atoms with Crippen LogP contribution in [0.25, 0.3) is 0 Å². The molecule has 1 N–H and O–H groups in total. The summed E-state index contributed by atoms with van der Waals surface area (Å²) in [6, 6.07) is 6.31. The SMILES string of the molecule is CCN1CCC(NCc2ccc(Cl)cc2Cl)CC1. The first-order valence-electron chi connectivity index (χ1n) is 6.58. The molecule has 0 unspecified atom stereocenters. The molecule has 2 rings (SSSR count). The van der Waals surface area contributed by atoms with Crippen molar-refractivity contribution in [1.82, 2.24) is 10.2 Å². The second kappa shape index (κ2) is 6.76. The third kappa shape index (κ3) is 3.86. The van der Waals surface area contributed by atoms with Crippen LogP contribution in [0.1, 0.15) is 25.3 Å². The average Bonchev–Trinajstić information content (AvgIpc) is 2.38. The van der Waals surface area contributed by atoms with E-state index in [2.05, 4.69) is 17.1 Å². The maximum Gasteiger partial charge on any atom is 0.0465 e. The molecule has 18 heavy (non-hydrogen) atoms. The topological polar surface area (TPSA) is 15.3 Å². The van der Waals surface area contributed by atoms with Crippen LogP contribution in [0.3, 0.4) is 0 Å². The van der Waals surface area contributed by atoms with Gasteiger partial charge in [-0.3, -0.25) is 0 Å². The Balaban J connectivity index is 1.81. The van der Waals surface area contributed by atoms with E-state index >= 15 is 0 Å². The van der Waals surface area contributed by atoms with Crippen LogP contribution in [-0.2, 0) is 6.54 Å². The van der Waals surface area contributed by atoms with E-state index in [1.165, 1.54) is 25.9 Å². The molecule has 100 valence electrons. The molecule has 0 amide bonds. The van der Waals surface area contributed by atoms with Crippen LogP contribution < -0.4 is 5.32 Å². The molecule has 0 bridgehead atoms. The normalized spacial score (nSPS) is 18.2. The lowest BCUT2D eigenvalue weighted by atomic mass is 10.0. The third-order valence-corrected chi connectivity index (χ3v) is 4.22. The highest BCUT2D eigenvalue weighted by Crippen LogP contribution is 2.21. The first-order chi connectivity index (χ1) is 8.69. The fourth-order valence-corrected chi connectivity index (χ4v) is 2.85. The van der Waals surface area contributed by atoms with Gasteiger partial charge in [-0.15, -0.1) is 0 Å². The van der Waals surface area contributed by atoms with E-state index in [0.717, 1.165) is 23.7 Å². The Morgan fingerprint density at radius 1 is 1.28 bits per heavy atom. The molecule has 0 radical (unpaired) electrons. The molecule has 1 aliphatic rings. The smallest absolute Gasteiger partial charge is 0.0465 e. The number of halogens is 2. The summed E-state index contributed by atoms with van der Waals surface area (Å²) in [5.74, 6) is 0. The molecule has 1 aromatic rings. The van der Waals surface area contributed by atoms with E-state index in [1.807, 2.05) is 12.1 Å². The number of likely N-dealkylation sites (tertiary alicyclic amines) is 1. The summed E-state index contributed by atoms with van der Waals surface area (Å²) in [6.45, 7) is 6.61. The maximum atomic E-state index is 6.16. The van der Waals surface area contributed by atoms with Crippen molar-refractivity contribution in [2.24, 2.45) is 0 Å². The van der Waals surface area contributed by atoms with Crippen LogP contribution in [0.15, 0.2) is 18.2 Å². The number of nitrogens with one attached hydrogen (secondary N) is 1. The van der Waals surface area contributed by atoms with Gasteiger partial charge in [-0.2, -0.15) is 0 Å². The van der Waals surface area contributed by atoms with Crippen molar-refractivity contribution in [2.45, 2.75) is 32.4 Å². The van der Waals surface area contributed by atoms with E-state index in [-0.39, 0.29) is 0 Å². The van der Waals surface area contributed by atoms with Crippen LogP contribution >= 0.6 is 23.2 Å². The van der Waals surface area contributed by atoms with Gasteiger partial charge in [-0.25, -0.2) is 0 Å². The average molecular weight is 287 g/mol. The van der Waals surface area contributed by atoms with Crippen LogP contribution in [0.4, 0.5) is 0 Å². The van der Waals surface area contributed by atoms with Gasteiger partial charge < -0.3 is 10.2 Å². The lowest BCUT2D eigenvalue weighted by Gasteiger charge is -2.31. The molecular weight excluding hydrogens is 267 g/mol. The minimum absolute atomic E-state index is 0.611. The molecule has 0 spiro atoms. The highest BCUT2D eigenvalue weighted by Gasteiger charge is 2.17. The Labute approximate surface area is 119 Å². The standard InChI is InChI=1S/C14H20Cl2N2/c1-2-18-7-5-13(6-8-18)17-10-11-3-4-12(15)9-14(11)16/h3-4,9,13,17H,2,5-8,10H2,1H3. The molecule has 1 heterocycles. The molecule has 0 saturated carbocycles. The van der Waals surface area contributed by atoms with Crippen molar-refractivity contribution in [3.05, 3.63) is 33.8 Å². The maximum absolute atomic E-state index is 6.16. The number of piperidine rings is 1. The van der Waals surface area contributed by atoms with Crippen molar-refractivity contribution in [3.63, 3.8) is 0 Å². The van der Waals surface area contributed by atoms with Crippen molar-refractivity contribution in [3.8, 4) is 0 Å². The quantitative estimate of drug-likeness (QED) is 0.910. The summed E-state index contributed by atoms with van der Waals surface area (Å²) in [6.07, 6.45) is 2.44. The van der Waals surface area contributed by atoms with Gasteiger partial charge in [0.25, 0.3) is 0 Å². The van der Waals surface area contributed by atoms with Gasteiger partial charge in [0, 0.05) is 22.6 Å². The number of nitrogens with zero attached hydrogens (tertiary/aromatic N) is 1. The molecule has 2 nitrogen and oxygen atoms in total. The lowest BCUT2D eigenvalue weighted by molar-refractivity contribution is 0.206. The summed E-state index contributed by atoms with van der Waals surface area (Å²) in [4.78, 5) is 2.49. The molecule has 0 aliphatic carbocycles. The zero-order valence-electron chi connectivity index (χ0n) is 10.8. The number of hydrogen-bond donors (Lipinski definition) is 1. The Bertz CT molecular complexity index is 387. The first-order valence-corrected chi connectivity index (χ1v) is 7.34. The fourth-order valence-electron chi connectivity index (χ4n) is 2.37. The molecule has 1 fully saturated rings. The summed E-state index contributed by atoms with van der Waals surface area (Å²) in [7, 11) is 0. The Morgan fingerprint density at radius 2 is 2.00 bits per heavy atom. The van der Waals surface area contributed by atoms with E-state index < -0.39 is 0 Å².